The van der Waals surface area contributed by atoms with Crippen LogP contribution in [0.15, 0.2) is 24.5 Å². The summed E-state index contributed by atoms with van der Waals surface area (Å²) >= 11 is 0. The summed E-state index contributed by atoms with van der Waals surface area (Å²) in [4.78, 5) is 28.5. The Morgan fingerprint density at radius 1 is 1.35 bits per heavy atom. The quantitative estimate of drug-likeness (QED) is 0.847. The van der Waals surface area contributed by atoms with Gasteiger partial charge in [-0.05, 0) is 36.0 Å². The van der Waals surface area contributed by atoms with E-state index >= 15 is 0 Å². The highest BCUT2D eigenvalue weighted by Crippen LogP contribution is 2.40. The second-order valence-corrected chi connectivity index (χ2v) is 6.91. The predicted octanol–water partition coefficient (Wildman–Crippen LogP) is 3.02. The van der Waals surface area contributed by atoms with E-state index in [-0.39, 0.29) is 35.7 Å². The van der Waals surface area contributed by atoms with E-state index in [1.54, 1.807) is 12.4 Å². The van der Waals surface area contributed by atoms with Crippen molar-refractivity contribution in [2.24, 2.45) is 11.3 Å². The van der Waals surface area contributed by atoms with Crippen molar-refractivity contribution < 1.29 is 14.3 Å². The molecule has 1 aromatic rings. The molecule has 1 heterocycles. The lowest BCUT2D eigenvalue weighted by Gasteiger charge is -2.38. The summed E-state index contributed by atoms with van der Waals surface area (Å²) in [6.07, 6.45) is 7.67. The zero-order chi connectivity index (χ0) is 16.9. The molecule has 1 fully saturated rings. The van der Waals surface area contributed by atoms with Crippen molar-refractivity contribution in [3.8, 4) is 0 Å². The van der Waals surface area contributed by atoms with Crippen LogP contribution in [0.2, 0.25) is 0 Å². The van der Waals surface area contributed by atoms with Crippen LogP contribution in [0.4, 0.5) is 0 Å². The van der Waals surface area contributed by atoms with Crippen molar-refractivity contribution in [2.45, 2.75) is 52.0 Å². The van der Waals surface area contributed by atoms with Crippen molar-refractivity contribution in [3.05, 3.63) is 30.1 Å². The van der Waals surface area contributed by atoms with Crippen molar-refractivity contribution in [2.75, 3.05) is 7.11 Å². The molecule has 0 spiro atoms. The minimum atomic E-state index is -0.379. The van der Waals surface area contributed by atoms with Crippen molar-refractivity contribution in [1.29, 1.82) is 0 Å². The maximum Gasteiger partial charge on any atom is 0.307 e. The Labute approximate surface area is 137 Å². The highest BCUT2D eigenvalue weighted by atomic mass is 16.5. The fourth-order valence-corrected chi connectivity index (χ4v) is 3.35. The van der Waals surface area contributed by atoms with Gasteiger partial charge in [0.2, 0.25) is 5.91 Å². The second-order valence-electron chi connectivity index (χ2n) is 6.91. The lowest BCUT2D eigenvalue weighted by Crippen LogP contribution is -2.42. The van der Waals surface area contributed by atoms with E-state index in [1.165, 1.54) is 13.5 Å². The molecular weight excluding hydrogens is 292 g/mol. The van der Waals surface area contributed by atoms with Gasteiger partial charge in [0.1, 0.15) is 0 Å². The molecule has 1 aliphatic rings. The first-order chi connectivity index (χ1) is 10.9. The molecule has 2 rings (SSSR count). The van der Waals surface area contributed by atoms with Gasteiger partial charge in [-0.1, -0.05) is 26.7 Å². The van der Waals surface area contributed by atoms with Gasteiger partial charge in [-0.25, -0.2) is 0 Å². The summed E-state index contributed by atoms with van der Waals surface area (Å²) in [7, 11) is 1.36. The van der Waals surface area contributed by atoms with Crippen LogP contribution in [0, 0.1) is 11.3 Å². The van der Waals surface area contributed by atoms with Crippen LogP contribution in [0.5, 0.6) is 0 Å². The number of esters is 1. The Balaban J connectivity index is 2.13. The molecule has 0 bridgehead atoms. The number of carbonyl (C=O) groups excluding carboxylic acids is 2. The van der Waals surface area contributed by atoms with Crippen LogP contribution in [0.1, 0.15) is 57.6 Å². The lowest BCUT2D eigenvalue weighted by molar-refractivity contribution is -0.141. The van der Waals surface area contributed by atoms with Gasteiger partial charge in [0.15, 0.2) is 0 Å². The van der Waals surface area contributed by atoms with E-state index in [1.807, 2.05) is 12.1 Å². The molecule has 0 radical (unpaired) electrons. The highest BCUT2D eigenvalue weighted by Gasteiger charge is 2.38. The number of nitrogens with zero attached hydrogens (tertiary/aromatic N) is 1. The van der Waals surface area contributed by atoms with E-state index in [0.29, 0.717) is 0 Å². The molecule has 1 saturated carbocycles. The number of pyridine rings is 1. The Hall–Kier alpha value is -1.91. The molecule has 0 aromatic carbocycles. The van der Waals surface area contributed by atoms with Crippen molar-refractivity contribution in [3.63, 3.8) is 0 Å². The summed E-state index contributed by atoms with van der Waals surface area (Å²) in [5, 5.41) is 3.06. The molecule has 1 amide bonds. The Bertz CT molecular complexity index is 542. The number of hydrogen-bond donors (Lipinski definition) is 1. The van der Waals surface area contributed by atoms with Gasteiger partial charge in [-0.3, -0.25) is 14.6 Å². The molecule has 5 heteroatoms. The van der Waals surface area contributed by atoms with E-state index in [9.17, 15) is 9.59 Å². The largest absolute Gasteiger partial charge is 0.469 e. The van der Waals surface area contributed by atoms with Crippen LogP contribution in [0.25, 0.3) is 0 Å². The smallest absolute Gasteiger partial charge is 0.307 e. The van der Waals surface area contributed by atoms with Crippen LogP contribution < -0.4 is 5.32 Å². The number of hydrogen-bond acceptors (Lipinski definition) is 4. The fraction of sp³-hybridized carbons (Fsp3) is 0.611. The summed E-state index contributed by atoms with van der Waals surface area (Å²) in [5.74, 6) is -0.325. The summed E-state index contributed by atoms with van der Waals surface area (Å²) < 4.78 is 4.76. The van der Waals surface area contributed by atoms with Gasteiger partial charge < -0.3 is 10.1 Å². The van der Waals surface area contributed by atoms with Crippen molar-refractivity contribution >= 4 is 11.9 Å². The van der Waals surface area contributed by atoms with Gasteiger partial charge in [0.25, 0.3) is 0 Å². The van der Waals surface area contributed by atoms with Gasteiger partial charge in [-0.2, -0.15) is 0 Å². The third-order valence-corrected chi connectivity index (χ3v) is 4.85. The predicted molar refractivity (Wildman–Crippen MR) is 87.5 cm³/mol. The average molecular weight is 318 g/mol. The van der Waals surface area contributed by atoms with Gasteiger partial charge in [0.05, 0.1) is 19.6 Å². The zero-order valence-corrected chi connectivity index (χ0v) is 14.2. The van der Waals surface area contributed by atoms with Crippen LogP contribution in [-0.4, -0.2) is 24.0 Å². The number of amides is 1. The molecule has 1 aliphatic carbocycles. The fourth-order valence-electron chi connectivity index (χ4n) is 3.35. The minimum Gasteiger partial charge on any atom is -0.469 e. The molecule has 0 aliphatic heterocycles. The molecule has 23 heavy (non-hydrogen) atoms. The molecule has 1 N–H and O–H groups in total. The maximum absolute atomic E-state index is 12.8. The molecule has 0 saturated heterocycles. The first kappa shape index (κ1) is 17.4. The third kappa shape index (κ3) is 4.53. The van der Waals surface area contributed by atoms with Crippen molar-refractivity contribution in [1.82, 2.24) is 10.3 Å². The number of aromatic nitrogens is 1. The van der Waals surface area contributed by atoms with E-state index in [4.69, 9.17) is 4.74 Å². The van der Waals surface area contributed by atoms with Gasteiger partial charge >= 0.3 is 5.97 Å². The normalized spacial score (nSPS) is 21.3. The monoisotopic (exact) mass is 318 g/mol. The van der Waals surface area contributed by atoms with E-state index < -0.39 is 0 Å². The highest BCUT2D eigenvalue weighted by molar-refractivity contribution is 5.81. The summed E-state index contributed by atoms with van der Waals surface area (Å²) in [6, 6.07) is 3.26. The molecule has 126 valence electrons. The summed E-state index contributed by atoms with van der Waals surface area (Å²) in [5.41, 5.74) is 0.864. The first-order valence-electron chi connectivity index (χ1n) is 8.21. The second kappa shape index (κ2) is 7.57. The molecule has 5 nitrogen and oxygen atoms in total. The summed E-state index contributed by atoms with van der Waals surface area (Å²) in [6.45, 7) is 4.30. The Morgan fingerprint density at radius 3 is 2.65 bits per heavy atom. The zero-order valence-electron chi connectivity index (χ0n) is 14.2. The van der Waals surface area contributed by atoms with E-state index in [2.05, 4.69) is 24.1 Å². The topological polar surface area (TPSA) is 68.3 Å². The number of ether oxygens (including phenoxy) is 1. The molecule has 2 unspecified atom stereocenters. The standard InChI is InChI=1S/C18H26N2O3/c1-18(2)9-5-4-6-14(18)17(22)20-15(12-16(21)23-3)13-7-10-19-11-8-13/h7-8,10-11,14-15H,4-6,9,12H2,1-3H3,(H,20,22). The molecule has 1 aromatic heterocycles. The SMILES string of the molecule is COC(=O)CC(NC(=O)C1CCCCC1(C)C)c1ccncc1. The average Bonchev–Trinajstić information content (AvgIpc) is 2.54. The lowest BCUT2D eigenvalue weighted by atomic mass is 9.68. The first-order valence-corrected chi connectivity index (χ1v) is 8.21. The Morgan fingerprint density at radius 2 is 2.04 bits per heavy atom. The minimum absolute atomic E-state index is 0.00358. The number of methoxy groups -OCH3 is 1. The van der Waals surface area contributed by atoms with Crippen LogP contribution in [-0.2, 0) is 14.3 Å². The number of rotatable bonds is 5. The maximum atomic E-state index is 12.8. The number of nitrogens with one attached hydrogen (secondary N) is 1. The molecule has 2 atom stereocenters. The third-order valence-electron chi connectivity index (χ3n) is 4.85. The Kier molecular flexibility index (Phi) is 5.74. The number of carbonyl (C=O) groups is 2. The van der Waals surface area contributed by atoms with Gasteiger partial charge in [-0.15, -0.1) is 0 Å². The van der Waals surface area contributed by atoms with Crippen LogP contribution in [0.3, 0.4) is 0 Å². The molecular formula is C18H26N2O3. The van der Waals surface area contributed by atoms with Gasteiger partial charge in [0, 0.05) is 18.3 Å². The van der Waals surface area contributed by atoms with E-state index in [0.717, 1.165) is 24.8 Å². The van der Waals surface area contributed by atoms with Crippen LogP contribution >= 0.6 is 0 Å².